The van der Waals surface area contributed by atoms with Gasteiger partial charge in [-0.15, -0.1) is 0 Å². The van der Waals surface area contributed by atoms with Crippen LogP contribution in [0.15, 0.2) is 67.3 Å². The van der Waals surface area contributed by atoms with E-state index in [0.717, 1.165) is 36.3 Å². The Morgan fingerprint density at radius 1 is 0.974 bits per heavy atom. The molecule has 200 valence electrons. The number of para-hydroxylation sites is 1. The van der Waals surface area contributed by atoms with Crippen LogP contribution in [-0.2, 0) is 15.1 Å². The number of imidazole rings is 1. The Labute approximate surface area is 227 Å². The third-order valence-corrected chi connectivity index (χ3v) is 9.04. The fraction of sp³-hybridized carbons (Fsp3) is 0.400. The molecule has 3 amide bonds. The second kappa shape index (κ2) is 9.34. The van der Waals surface area contributed by atoms with Gasteiger partial charge in [0.1, 0.15) is 5.54 Å². The molecule has 1 aromatic heterocycles. The smallest absolute Gasteiger partial charge is 0.253 e. The highest BCUT2D eigenvalue weighted by atomic mass is 16.2. The molecule has 3 saturated heterocycles. The van der Waals surface area contributed by atoms with E-state index in [1.807, 2.05) is 69.1 Å². The molecular weight excluding hydrogens is 492 g/mol. The number of rotatable bonds is 2. The monoisotopic (exact) mass is 524 g/mol. The number of aromatic nitrogens is 2. The van der Waals surface area contributed by atoms with Crippen LogP contribution in [0.3, 0.4) is 0 Å². The summed E-state index contributed by atoms with van der Waals surface area (Å²) in [4.78, 5) is 51.8. The van der Waals surface area contributed by atoms with Crippen molar-refractivity contribution in [2.24, 2.45) is 5.92 Å². The van der Waals surface area contributed by atoms with E-state index in [1.54, 1.807) is 12.5 Å². The highest BCUT2D eigenvalue weighted by Crippen LogP contribution is 2.57. The second-order valence-corrected chi connectivity index (χ2v) is 11.0. The summed E-state index contributed by atoms with van der Waals surface area (Å²) in [6, 6.07) is 15.6. The van der Waals surface area contributed by atoms with Gasteiger partial charge in [-0.25, -0.2) is 4.98 Å². The molecule has 0 unspecified atom stereocenters. The minimum atomic E-state index is -0.959. The highest BCUT2D eigenvalue weighted by Gasteiger charge is 2.67. The molecule has 4 aliphatic rings. The quantitative estimate of drug-likeness (QED) is 0.557. The molecule has 3 aromatic rings. The van der Waals surface area contributed by atoms with Crippen LogP contribution >= 0.6 is 0 Å². The first-order valence-electron chi connectivity index (χ1n) is 13.9. The predicted octanol–water partition coefficient (Wildman–Crippen LogP) is 2.56. The van der Waals surface area contributed by atoms with Crippen molar-refractivity contribution >= 4 is 23.4 Å². The van der Waals surface area contributed by atoms with Crippen molar-refractivity contribution in [1.82, 2.24) is 24.7 Å². The van der Waals surface area contributed by atoms with Gasteiger partial charge in [0.25, 0.3) is 11.8 Å². The van der Waals surface area contributed by atoms with E-state index in [1.165, 1.54) is 0 Å². The SMILES string of the molecule is O=C1NCCCN(C(=O)c2ccc(-n3ccnc3)cc2)CCN2C(=O)[C@@]3(c4ccccc42)[C@H]1C[C@@H]1CCCN13. The lowest BCUT2D eigenvalue weighted by molar-refractivity contribution is -0.139. The zero-order chi connectivity index (χ0) is 26.6. The number of hydrogen-bond acceptors (Lipinski definition) is 5. The Bertz CT molecular complexity index is 1420. The Balaban J connectivity index is 1.21. The number of carbonyl (C=O) groups is 3. The summed E-state index contributed by atoms with van der Waals surface area (Å²) in [6.45, 7) is 2.60. The van der Waals surface area contributed by atoms with Gasteiger partial charge in [0.15, 0.2) is 0 Å². The average molecular weight is 525 g/mol. The first kappa shape index (κ1) is 24.1. The van der Waals surface area contributed by atoms with Crippen LogP contribution in [0.1, 0.15) is 41.6 Å². The molecule has 5 heterocycles. The van der Waals surface area contributed by atoms with Gasteiger partial charge in [0.2, 0.25) is 5.91 Å². The number of benzene rings is 2. The normalized spacial score (nSPS) is 26.9. The molecule has 9 nitrogen and oxygen atoms in total. The lowest BCUT2D eigenvalue weighted by atomic mass is 9.78. The van der Waals surface area contributed by atoms with Crippen LogP contribution in [0.5, 0.6) is 0 Å². The van der Waals surface area contributed by atoms with Crippen LogP contribution in [0.4, 0.5) is 5.69 Å². The molecule has 1 N–H and O–H groups in total. The fourth-order valence-electron chi connectivity index (χ4n) is 7.29. The van der Waals surface area contributed by atoms with Crippen molar-refractivity contribution in [3.05, 3.63) is 78.4 Å². The number of amides is 3. The Hall–Kier alpha value is -3.98. The Kier molecular flexibility index (Phi) is 5.77. The third-order valence-electron chi connectivity index (χ3n) is 9.04. The topological polar surface area (TPSA) is 90.8 Å². The van der Waals surface area contributed by atoms with E-state index in [4.69, 9.17) is 0 Å². The summed E-state index contributed by atoms with van der Waals surface area (Å²) in [5, 5.41) is 3.13. The minimum absolute atomic E-state index is 0.0223. The van der Waals surface area contributed by atoms with Crippen LogP contribution in [0.25, 0.3) is 5.69 Å². The number of hydrogen-bond donors (Lipinski definition) is 1. The van der Waals surface area contributed by atoms with Crippen LogP contribution < -0.4 is 10.2 Å². The molecule has 2 aromatic carbocycles. The first-order chi connectivity index (χ1) is 19.1. The van der Waals surface area contributed by atoms with Crippen molar-refractivity contribution in [3.63, 3.8) is 0 Å². The van der Waals surface area contributed by atoms with Crippen molar-refractivity contribution in [3.8, 4) is 5.69 Å². The molecule has 0 radical (unpaired) electrons. The van der Waals surface area contributed by atoms with Gasteiger partial charge in [0.05, 0.1) is 12.2 Å². The summed E-state index contributed by atoms with van der Waals surface area (Å²) in [5.41, 5.74) is 2.36. The minimum Gasteiger partial charge on any atom is -0.356 e. The van der Waals surface area contributed by atoms with Gasteiger partial charge in [-0.05, 0) is 62.6 Å². The molecule has 3 fully saturated rings. The Morgan fingerprint density at radius 2 is 1.82 bits per heavy atom. The first-order valence-corrected chi connectivity index (χ1v) is 13.9. The summed E-state index contributed by atoms with van der Waals surface area (Å²) in [7, 11) is 0. The van der Waals surface area contributed by atoms with Crippen LogP contribution in [0.2, 0.25) is 0 Å². The molecule has 7 rings (SSSR count). The largest absolute Gasteiger partial charge is 0.356 e. The van der Waals surface area contributed by atoms with Crippen molar-refractivity contribution in [1.29, 1.82) is 0 Å². The van der Waals surface area contributed by atoms with Crippen molar-refractivity contribution in [2.45, 2.75) is 37.3 Å². The van der Waals surface area contributed by atoms with Gasteiger partial charge >= 0.3 is 0 Å². The number of nitrogens with one attached hydrogen (secondary N) is 1. The van der Waals surface area contributed by atoms with E-state index < -0.39 is 11.5 Å². The third kappa shape index (κ3) is 3.63. The maximum Gasteiger partial charge on any atom is 0.253 e. The van der Waals surface area contributed by atoms with E-state index in [9.17, 15) is 14.4 Å². The number of fused-ring (bicyclic) bond motifs is 4. The molecule has 2 bridgehead atoms. The molecule has 1 spiro atoms. The van der Waals surface area contributed by atoms with Gasteiger partial charge < -0.3 is 19.7 Å². The fourth-order valence-corrected chi connectivity index (χ4v) is 7.29. The summed E-state index contributed by atoms with van der Waals surface area (Å²) in [6.07, 6.45) is 8.71. The van der Waals surface area contributed by atoms with Gasteiger partial charge in [0, 0.05) is 67.1 Å². The number of carbonyl (C=O) groups excluding carboxylic acids is 3. The number of nitrogens with zero attached hydrogens (tertiary/aromatic N) is 5. The van der Waals surface area contributed by atoms with Crippen molar-refractivity contribution in [2.75, 3.05) is 37.6 Å². The van der Waals surface area contributed by atoms with Gasteiger partial charge in [-0.3, -0.25) is 19.3 Å². The summed E-state index contributed by atoms with van der Waals surface area (Å²) >= 11 is 0. The maximum atomic E-state index is 14.5. The number of anilines is 1. The van der Waals surface area contributed by atoms with E-state index in [-0.39, 0.29) is 23.8 Å². The second-order valence-electron chi connectivity index (χ2n) is 11.0. The van der Waals surface area contributed by atoms with Crippen molar-refractivity contribution < 1.29 is 14.4 Å². The lowest BCUT2D eigenvalue weighted by Crippen LogP contribution is -2.57. The van der Waals surface area contributed by atoms with Gasteiger partial charge in [-0.2, -0.15) is 0 Å². The summed E-state index contributed by atoms with van der Waals surface area (Å²) < 4.78 is 1.89. The van der Waals surface area contributed by atoms with E-state index in [2.05, 4.69) is 15.2 Å². The molecule has 3 atom stereocenters. The Morgan fingerprint density at radius 3 is 2.64 bits per heavy atom. The standard InChI is InChI=1S/C30H32N6O3/c37-27-25-19-23-5-3-15-36(23)30(25)24-6-1-2-7-26(24)35(29(30)39)18-17-33(14-4-12-32-27)28(38)21-8-10-22(11-9-21)34-16-13-31-20-34/h1-2,6-11,13,16,20,23,25H,3-5,12,14-15,17-19H2,(H,32,37)/t23-,25-,30+/m0/s1. The lowest BCUT2D eigenvalue weighted by Gasteiger charge is -2.38. The maximum absolute atomic E-state index is 14.5. The zero-order valence-corrected chi connectivity index (χ0v) is 21.8. The summed E-state index contributed by atoms with van der Waals surface area (Å²) in [5.74, 6) is -0.565. The molecule has 0 saturated carbocycles. The van der Waals surface area contributed by atoms with E-state index >= 15 is 0 Å². The molecule has 39 heavy (non-hydrogen) atoms. The van der Waals surface area contributed by atoms with E-state index in [0.29, 0.717) is 44.6 Å². The molecule has 4 aliphatic heterocycles. The molecule has 0 aliphatic carbocycles. The predicted molar refractivity (Wildman–Crippen MR) is 145 cm³/mol. The average Bonchev–Trinajstić information content (AvgIpc) is 3.74. The zero-order valence-electron chi connectivity index (χ0n) is 21.8. The van der Waals surface area contributed by atoms with Gasteiger partial charge in [-0.1, -0.05) is 18.2 Å². The van der Waals surface area contributed by atoms with Crippen LogP contribution in [0, 0.1) is 5.92 Å². The van der Waals surface area contributed by atoms with Crippen LogP contribution in [-0.4, -0.2) is 75.8 Å². The molecule has 9 heteroatoms. The highest BCUT2D eigenvalue weighted by molar-refractivity contribution is 6.11. The molecular formula is C30H32N6O3.